The number of rotatable bonds is 16. The average molecular weight is 519 g/mol. The Kier molecular flexibility index (Phi) is 15.4. The molecule has 1 heteroatoms. The summed E-state index contributed by atoms with van der Waals surface area (Å²) in [4.78, 5) is 0. The van der Waals surface area contributed by atoms with Crippen molar-refractivity contribution in [3.8, 4) is 0 Å². The first kappa shape index (κ1) is 25.9. The zero-order chi connectivity index (χ0) is 19.3. The Morgan fingerprint density at radius 3 is 0.760 bits per heavy atom. The van der Waals surface area contributed by atoms with Crippen molar-refractivity contribution in [2.75, 3.05) is 0 Å². The molecule has 0 spiro atoms. The summed E-state index contributed by atoms with van der Waals surface area (Å²) in [5.41, 5.74) is 0. The van der Waals surface area contributed by atoms with Crippen LogP contribution in [0.3, 0.4) is 0 Å². The first-order valence-electron chi connectivity index (χ1n) is 11.7. The van der Waals surface area contributed by atoms with Crippen LogP contribution >= 0.6 is 0 Å². The van der Waals surface area contributed by atoms with E-state index in [0.717, 1.165) is 23.7 Å². The van der Waals surface area contributed by atoms with Gasteiger partial charge >= 0.3 is 167 Å². The van der Waals surface area contributed by atoms with E-state index in [1.165, 1.54) is 25.7 Å². The molecule has 0 rings (SSSR count). The summed E-state index contributed by atoms with van der Waals surface area (Å²) >= 11 is -2.09. The molecule has 25 heavy (non-hydrogen) atoms. The molecule has 0 aliphatic heterocycles. The van der Waals surface area contributed by atoms with Gasteiger partial charge in [-0.2, -0.15) is 0 Å². The molecule has 0 aliphatic rings. The minimum absolute atomic E-state index is 0.896. The molecule has 0 aromatic rings. The van der Waals surface area contributed by atoms with E-state index in [0.29, 0.717) is 0 Å². The summed E-state index contributed by atoms with van der Waals surface area (Å²) < 4.78 is 6.83. The van der Waals surface area contributed by atoms with Crippen LogP contribution in [0, 0.1) is 23.7 Å². The van der Waals surface area contributed by atoms with E-state index in [2.05, 4.69) is 55.4 Å². The molecule has 0 aromatic heterocycles. The molecule has 152 valence electrons. The molecule has 0 aliphatic carbocycles. The summed E-state index contributed by atoms with van der Waals surface area (Å²) in [6.45, 7) is 19.3. The van der Waals surface area contributed by atoms with Crippen molar-refractivity contribution in [2.45, 2.75) is 123 Å². The molecular formula is C24H52Hf. The van der Waals surface area contributed by atoms with Gasteiger partial charge in [0.05, 0.1) is 0 Å². The van der Waals surface area contributed by atoms with E-state index in [-0.39, 0.29) is 0 Å². The fraction of sp³-hybridized carbons (Fsp3) is 1.00. The molecule has 0 bridgehead atoms. The standard InChI is InChI=1S/4C6H13.Hf/c4*1-4-5-6(2)3;/h4*6H,1,4-5H2,2-3H3;. The Labute approximate surface area is 166 Å². The maximum absolute atomic E-state index is 2.41. The van der Waals surface area contributed by atoms with Crippen LogP contribution in [-0.2, 0) is 20.0 Å². The van der Waals surface area contributed by atoms with E-state index in [9.17, 15) is 0 Å². The zero-order valence-electron chi connectivity index (χ0n) is 19.3. The molecule has 0 aromatic carbocycles. The van der Waals surface area contributed by atoms with Crippen molar-refractivity contribution < 1.29 is 20.0 Å². The second-order valence-electron chi connectivity index (χ2n) is 10.6. The average Bonchev–Trinajstić information content (AvgIpc) is 2.45. The van der Waals surface area contributed by atoms with Crippen molar-refractivity contribution in [1.82, 2.24) is 0 Å². The van der Waals surface area contributed by atoms with Crippen LogP contribution in [-0.4, -0.2) is 0 Å². The summed E-state index contributed by atoms with van der Waals surface area (Å²) in [5.74, 6) is 3.59. The van der Waals surface area contributed by atoms with Gasteiger partial charge in [-0.25, -0.2) is 0 Å². The van der Waals surface area contributed by atoms with Gasteiger partial charge in [0.15, 0.2) is 0 Å². The van der Waals surface area contributed by atoms with Crippen LogP contribution in [0.15, 0.2) is 0 Å². The van der Waals surface area contributed by atoms with E-state index >= 15 is 0 Å². The van der Waals surface area contributed by atoms with Gasteiger partial charge in [0.2, 0.25) is 0 Å². The van der Waals surface area contributed by atoms with Gasteiger partial charge in [-0.1, -0.05) is 0 Å². The van der Waals surface area contributed by atoms with Crippen molar-refractivity contribution in [1.29, 1.82) is 0 Å². The van der Waals surface area contributed by atoms with Crippen LogP contribution in [0.4, 0.5) is 0 Å². The molecule has 0 nitrogen and oxygen atoms in total. The molecular weight excluding hydrogens is 467 g/mol. The molecule has 0 unspecified atom stereocenters. The van der Waals surface area contributed by atoms with Crippen molar-refractivity contribution >= 4 is 0 Å². The number of hydrogen-bond donors (Lipinski definition) is 0. The second kappa shape index (κ2) is 14.9. The fourth-order valence-electron chi connectivity index (χ4n) is 4.29. The fourth-order valence-corrected chi connectivity index (χ4v) is 23.4. The van der Waals surface area contributed by atoms with E-state index in [1.807, 2.05) is 0 Å². The Balaban J connectivity index is 4.85. The van der Waals surface area contributed by atoms with E-state index in [1.54, 1.807) is 42.4 Å². The van der Waals surface area contributed by atoms with Crippen molar-refractivity contribution in [3.63, 3.8) is 0 Å². The summed E-state index contributed by atoms with van der Waals surface area (Å²) in [7, 11) is 0. The third kappa shape index (κ3) is 15.6. The zero-order valence-corrected chi connectivity index (χ0v) is 22.9. The van der Waals surface area contributed by atoms with Gasteiger partial charge in [0.1, 0.15) is 0 Å². The molecule has 0 radical (unpaired) electrons. The normalized spacial score (nSPS) is 13.0. The third-order valence-corrected chi connectivity index (χ3v) is 26.3. The first-order chi connectivity index (χ1) is 11.7. The predicted molar refractivity (Wildman–Crippen MR) is 116 cm³/mol. The summed E-state index contributed by atoms with van der Waals surface area (Å²) in [5, 5.41) is 0. The Hall–Kier alpha value is 0.870. The van der Waals surface area contributed by atoms with Gasteiger partial charge in [0.25, 0.3) is 0 Å². The molecule has 0 fully saturated rings. The monoisotopic (exact) mass is 520 g/mol. The van der Waals surface area contributed by atoms with Gasteiger partial charge in [-0.05, 0) is 0 Å². The summed E-state index contributed by atoms with van der Waals surface area (Å²) in [6, 6.07) is 0. The van der Waals surface area contributed by atoms with Crippen LogP contribution in [0.2, 0.25) is 16.7 Å². The Bertz CT molecular complexity index is 229. The van der Waals surface area contributed by atoms with Crippen LogP contribution in [0.5, 0.6) is 0 Å². The van der Waals surface area contributed by atoms with Crippen molar-refractivity contribution in [3.05, 3.63) is 0 Å². The van der Waals surface area contributed by atoms with Crippen molar-refractivity contribution in [2.24, 2.45) is 23.7 Å². The van der Waals surface area contributed by atoms with Gasteiger partial charge in [-0.3, -0.25) is 0 Å². The molecule has 0 heterocycles. The molecule has 0 saturated heterocycles. The van der Waals surface area contributed by atoms with Gasteiger partial charge in [-0.15, -0.1) is 0 Å². The number of hydrogen-bond acceptors (Lipinski definition) is 0. The first-order valence-corrected chi connectivity index (χ1v) is 21.8. The van der Waals surface area contributed by atoms with E-state index in [4.69, 9.17) is 0 Å². The molecule has 0 amide bonds. The second-order valence-corrected chi connectivity index (χ2v) is 28.6. The topological polar surface area (TPSA) is 0 Å². The quantitative estimate of drug-likeness (QED) is 0.178. The predicted octanol–water partition coefficient (Wildman–Crippen LogP) is 9.56. The van der Waals surface area contributed by atoms with Crippen LogP contribution < -0.4 is 0 Å². The van der Waals surface area contributed by atoms with Gasteiger partial charge in [0, 0.05) is 0 Å². The SMILES string of the molecule is CC(C)CC[CH2][Hf]([CH2]CCC(C)C)([CH2]CCC(C)C)[CH2]CCC(C)C. The Morgan fingerprint density at radius 1 is 0.400 bits per heavy atom. The minimum atomic E-state index is -2.09. The van der Waals surface area contributed by atoms with Gasteiger partial charge < -0.3 is 0 Å². The van der Waals surface area contributed by atoms with E-state index < -0.39 is 20.0 Å². The Morgan fingerprint density at radius 2 is 0.600 bits per heavy atom. The molecule has 0 atom stereocenters. The van der Waals surface area contributed by atoms with Crippen LogP contribution in [0.25, 0.3) is 0 Å². The third-order valence-electron chi connectivity index (χ3n) is 5.95. The molecule has 0 N–H and O–H groups in total. The molecule has 0 saturated carbocycles. The summed E-state index contributed by atoms with van der Waals surface area (Å²) in [6.07, 6.45) is 12.1. The maximum atomic E-state index is 2.41. The van der Waals surface area contributed by atoms with Crippen LogP contribution in [0.1, 0.15) is 107 Å².